The predicted molar refractivity (Wildman–Crippen MR) is 113 cm³/mol. The molecule has 1 aliphatic rings. The molecule has 0 spiro atoms. The van der Waals surface area contributed by atoms with Crippen molar-refractivity contribution in [1.82, 2.24) is 14.8 Å². The van der Waals surface area contributed by atoms with Crippen LogP contribution in [0, 0.1) is 0 Å². The van der Waals surface area contributed by atoms with Crippen molar-refractivity contribution in [2.45, 2.75) is 18.5 Å². The quantitative estimate of drug-likeness (QED) is 0.628. The molecule has 29 heavy (non-hydrogen) atoms. The van der Waals surface area contributed by atoms with Gasteiger partial charge in [0.1, 0.15) is 6.61 Å². The lowest BCUT2D eigenvalue weighted by Crippen LogP contribution is -2.28. The van der Waals surface area contributed by atoms with Gasteiger partial charge in [-0.05, 0) is 35.7 Å². The number of anilines is 2. The largest absolute Gasteiger partial charge is 0.375 e. The molecule has 7 nitrogen and oxygen atoms in total. The van der Waals surface area contributed by atoms with E-state index in [1.807, 2.05) is 48.5 Å². The van der Waals surface area contributed by atoms with E-state index in [1.165, 1.54) is 7.11 Å². The number of methoxy groups -OCH3 is 1. The number of fused-ring (bicyclic) bond motifs is 1. The molecular formula is C20H19Cl2N5O2. The lowest BCUT2D eigenvalue weighted by molar-refractivity contribution is -0.119. The molecule has 0 bridgehead atoms. The van der Waals surface area contributed by atoms with Crippen molar-refractivity contribution in [1.29, 1.82) is 0 Å². The van der Waals surface area contributed by atoms with Crippen molar-refractivity contribution >= 4 is 41.0 Å². The number of ether oxygens (including phenoxy) is 1. The van der Waals surface area contributed by atoms with E-state index in [1.54, 1.807) is 4.68 Å². The van der Waals surface area contributed by atoms with Crippen LogP contribution >= 0.6 is 23.2 Å². The maximum Gasteiger partial charge on any atom is 0.252 e. The molecule has 1 aliphatic heterocycles. The van der Waals surface area contributed by atoms with Crippen LogP contribution in [0.15, 0.2) is 48.5 Å². The maximum absolute atomic E-state index is 11.9. The first-order valence-corrected chi connectivity index (χ1v) is 9.82. The van der Waals surface area contributed by atoms with E-state index in [2.05, 4.69) is 20.7 Å². The highest BCUT2D eigenvalue weighted by Crippen LogP contribution is 2.40. The van der Waals surface area contributed by atoms with Crippen molar-refractivity contribution < 1.29 is 9.53 Å². The van der Waals surface area contributed by atoms with Gasteiger partial charge in [0.15, 0.2) is 0 Å². The number of amides is 1. The van der Waals surface area contributed by atoms with Gasteiger partial charge in [-0.2, -0.15) is 4.98 Å². The smallest absolute Gasteiger partial charge is 0.252 e. The van der Waals surface area contributed by atoms with Crippen molar-refractivity contribution in [2.75, 3.05) is 24.4 Å². The Morgan fingerprint density at radius 1 is 1.24 bits per heavy atom. The topological polar surface area (TPSA) is 81.1 Å². The van der Waals surface area contributed by atoms with Gasteiger partial charge < -0.3 is 10.1 Å². The summed E-state index contributed by atoms with van der Waals surface area (Å²) in [5.74, 6) is 0.441. The molecule has 2 aromatic carbocycles. The summed E-state index contributed by atoms with van der Waals surface area (Å²) in [5, 5.41) is 11.9. The summed E-state index contributed by atoms with van der Waals surface area (Å²) >= 11 is 12.5. The van der Waals surface area contributed by atoms with Crippen LogP contribution in [0.25, 0.3) is 0 Å². The highest BCUT2D eigenvalue weighted by Gasteiger charge is 2.32. The number of nitrogens with zero attached hydrogens (tertiary/aromatic N) is 3. The molecule has 1 aromatic heterocycles. The number of aromatic nitrogens is 3. The van der Waals surface area contributed by atoms with E-state index in [0.717, 1.165) is 11.1 Å². The van der Waals surface area contributed by atoms with Crippen LogP contribution < -0.4 is 10.6 Å². The van der Waals surface area contributed by atoms with Gasteiger partial charge in [-0.15, -0.1) is 5.10 Å². The molecule has 9 heteroatoms. The summed E-state index contributed by atoms with van der Waals surface area (Å²) in [7, 11) is 1.46. The molecule has 1 amide bonds. The number of rotatable bonds is 5. The summed E-state index contributed by atoms with van der Waals surface area (Å²) < 4.78 is 6.61. The molecule has 0 unspecified atom stereocenters. The number of hydrogen-bond acceptors (Lipinski definition) is 5. The molecule has 0 radical (unpaired) electrons. The second kappa shape index (κ2) is 8.41. The Hall–Kier alpha value is -2.61. The minimum absolute atomic E-state index is 0.0206. The third kappa shape index (κ3) is 4.22. The average Bonchev–Trinajstić information content (AvgIpc) is 3.10. The van der Waals surface area contributed by atoms with Gasteiger partial charge in [-0.1, -0.05) is 53.5 Å². The Labute approximate surface area is 178 Å². The number of carbonyl (C=O) groups is 1. The zero-order valence-electron chi connectivity index (χ0n) is 15.6. The zero-order chi connectivity index (χ0) is 20.4. The Morgan fingerprint density at radius 3 is 2.72 bits per heavy atom. The number of carbonyl (C=O) groups excluding carboxylic acids is 1. The summed E-state index contributed by atoms with van der Waals surface area (Å²) in [6.45, 7) is -0.0708. The summed E-state index contributed by atoms with van der Waals surface area (Å²) in [5.41, 5.74) is 2.02. The van der Waals surface area contributed by atoms with Crippen LogP contribution in [0.5, 0.6) is 0 Å². The highest BCUT2D eigenvalue weighted by atomic mass is 35.5. The number of hydrogen-bond donors (Lipinski definition) is 2. The first-order valence-electron chi connectivity index (χ1n) is 9.07. The molecule has 2 heterocycles. The molecule has 2 N–H and O–H groups in total. The number of benzene rings is 2. The minimum Gasteiger partial charge on any atom is -0.375 e. The fraction of sp³-hybridized carbons (Fsp3) is 0.250. The van der Waals surface area contributed by atoms with Gasteiger partial charge in [-0.3, -0.25) is 10.1 Å². The molecule has 0 aliphatic carbocycles. The fourth-order valence-electron chi connectivity index (χ4n) is 3.44. The van der Waals surface area contributed by atoms with E-state index in [-0.39, 0.29) is 30.5 Å². The van der Waals surface area contributed by atoms with Crippen LogP contribution in [0.1, 0.15) is 29.6 Å². The van der Waals surface area contributed by atoms with Gasteiger partial charge in [-0.25, -0.2) is 4.68 Å². The van der Waals surface area contributed by atoms with Crippen LogP contribution in [-0.4, -0.2) is 34.4 Å². The molecule has 4 rings (SSSR count). The second-order valence-electron chi connectivity index (χ2n) is 6.71. The van der Waals surface area contributed by atoms with Gasteiger partial charge in [0.05, 0.1) is 12.1 Å². The van der Waals surface area contributed by atoms with Crippen molar-refractivity contribution in [3.63, 3.8) is 0 Å². The predicted octanol–water partition coefficient (Wildman–Crippen LogP) is 4.32. The van der Waals surface area contributed by atoms with E-state index >= 15 is 0 Å². The van der Waals surface area contributed by atoms with Crippen LogP contribution in [0.2, 0.25) is 10.0 Å². The van der Waals surface area contributed by atoms with Gasteiger partial charge >= 0.3 is 0 Å². The van der Waals surface area contributed by atoms with Crippen molar-refractivity contribution in [3.8, 4) is 0 Å². The number of halogens is 2. The Kier molecular flexibility index (Phi) is 5.71. The highest BCUT2D eigenvalue weighted by molar-refractivity contribution is 6.31. The van der Waals surface area contributed by atoms with Crippen LogP contribution in [-0.2, 0) is 9.53 Å². The van der Waals surface area contributed by atoms with Crippen molar-refractivity contribution in [3.05, 3.63) is 69.7 Å². The molecule has 0 saturated heterocycles. The molecule has 3 aromatic rings. The Bertz CT molecular complexity index is 1020. The average molecular weight is 432 g/mol. The molecule has 0 fully saturated rings. The molecule has 150 valence electrons. The lowest BCUT2D eigenvalue weighted by Gasteiger charge is -2.32. The fourth-order valence-corrected chi connectivity index (χ4v) is 3.83. The van der Waals surface area contributed by atoms with Crippen molar-refractivity contribution in [2.24, 2.45) is 0 Å². The first kappa shape index (κ1) is 19.7. The zero-order valence-corrected chi connectivity index (χ0v) is 17.1. The Balaban J connectivity index is 1.72. The van der Waals surface area contributed by atoms with E-state index < -0.39 is 0 Å². The second-order valence-corrected chi connectivity index (χ2v) is 7.55. The van der Waals surface area contributed by atoms with E-state index in [4.69, 9.17) is 27.9 Å². The summed E-state index contributed by atoms with van der Waals surface area (Å²) in [6.07, 6.45) is 0.702. The lowest BCUT2D eigenvalue weighted by atomic mass is 9.93. The standard InChI is InChI=1S/C20H19Cl2N5O2/c1-29-11-18(28)24-19-25-20-23-16(12-6-8-13(21)9-7-12)10-17(27(20)26-19)14-4-2-3-5-15(14)22/h2-9,16-17H,10-11H2,1H3,(H2,23,24,25,26,28)/t16-,17+/m0/s1. The molecule has 2 atom stereocenters. The summed E-state index contributed by atoms with van der Waals surface area (Å²) in [4.78, 5) is 16.3. The minimum atomic E-state index is -0.320. The van der Waals surface area contributed by atoms with E-state index in [9.17, 15) is 4.79 Å². The van der Waals surface area contributed by atoms with Gasteiger partial charge in [0, 0.05) is 17.2 Å². The van der Waals surface area contributed by atoms with Gasteiger partial charge in [0.2, 0.25) is 5.95 Å². The third-order valence-corrected chi connectivity index (χ3v) is 5.35. The van der Waals surface area contributed by atoms with Crippen LogP contribution in [0.3, 0.4) is 0 Å². The third-order valence-electron chi connectivity index (χ3n) is 4.75. The number of nitrogens with one attached hydrogen (secondary N) is 2. The monoisotopic (exact) mass is 431 g/mol. The summed E-state index contributed by atoms with van der Waals surface area (Å²) in [6, 6.07) is 15.2. The molecule has 0 saturated carbocycles. The Morgan fingerprint density at radius 2 is 2.00 bits per heavy atom. The van der Waals surface area contributed by atoms with E-state index in [0.29, 0.717) is 22.4 Å². The normalized spacial score (nSPS) is 18.0. The molecular weight excluding hydrogens is 413 g/mol. The first-order chi connectivity index (χ1) is 14.0. The maximum atomic E-state index is 11.9. The van der Waals surface area contributed by atoms with Crippen LogP contribution in [0.4, 0.5) is 11.9 Å². The SMILES string of the molecule is COCC(=O)Nc1nc2n(n1)[C@@H](c1ccccc1Cl)C[C@@H](c1ccc(Cl)cc1)N2. The van der Waals surface area contributed by atoms with Gasteiger partial charge in [0.25, 0.3) is 11.9 Å².